The number of carbonyl (C=O) groups is 1. The predicted molar refractivity (Wildman–Crippen MR) is 96.7 cm³/mol. The number of aromatic nitrogens is 2. The van der Waals surface area contributed by atoms with Gasteiger partial charge in [0, 0.05) is 6.07 Å². The molecule has 0 fully saturated rings. The van der Waals surface area contributed by atoms with Gasteiger partial charge in [-0.25, -0.2) is 31.3 Å². The second-order valence-corrected chi connectivity index (χ2v) is 8.68. The fraction of sp³-hybridized carbons (Fsp3) is 0.214. The van der Waals surface area contributed by atoms with E-state index in [4.69, 9.17) is 0 Å². The van der Waals surface area contributed by atoms with Gasteiger partial charge >= 0.3 is 12.2 Å². The number of carbonyl (C=O) groups excluding carboxylic acids is 1. The summed E-state index contributed by atoms with van der Waals surface area (Å²) in [5.74, 6) is -1.47. The van der Waals surface area contributed by atoms with Crippen molar-refractivity contribution in [3.05, 3.63) is 36.0 Å². The maximum Gasteiger partial charge on any atom is 0.433 e. The molecular weight excluding hydrogens is 471 g/mol. The van der Waals surface area contributed by atoms with Crippen LogP contribution in [0.4, 0.5) is 23.9 Å². The van der Waals surface area contributed by atoms with Gasteiger partial charge in [0.15, 0.2) is 5.69 Å². The minimum absolute atomic E-state index is 0.462. The molecule has 0 aliphatic heterocycles. The number of halogens is 3. The summed E-state index contributed by atoms with van der Waals surface area (Å²) in [7, 11) is -7.26. The van der Waals surface area contributed by atoms with Crippen LogP contribution in [0.25, 0.3) is 0 Å². The lowest BCUT2D eigenvalue weighted by Gasteiger charge is -2.13. The van der Waals surface area contributed by atoms with E-state index in [1.807, 2.05) is 0 Å². The molecule has 0 unspecified atom stereocenters. The predicted octanol–water partition coefficient (Wildman–Crippen LogP) is 0.854. The summed E-state index contributed by atoms with van der Waals surface area (Å²) >= 11 is 0. The molecule has 2 amide bonds. The van der Waals surface area contributed by atoms with E-state index in [0.29, 0.717) is 6.07 Å². The summed E-state index contributed by atoms with van der Waals surface area (Å²) in [6.45, 7) is 0. The molecule has 2 rings (SSSR count). The number of rotatable bonds is 7. The van der Waals surface area contributed by atoms with Crippen molar-refractivity contribution in [2.75, 3.05) is 19.5 Å². The average molecular weight is 485 g/mol. The van der Waals surface area contributed by atoms with E-state index in [-0.39, 0.29) is 0 Å². The molecule has 0 bridgehead atoms. The molecule has 0 spiro atoms. The lowest BCUT2D eigenvalue weighted by Crippen LogP contribution is -2.36. The third kappa shape index (κ3) is 6.00. The summed E-state index contributed by atoms with van der Waals surface area (Å²) in [6.07, 6.45) is -4.91. The first-order valence-corrected chi connectivity index (χ1v) is 10.7. The summed E-state index contributed by atoms with van der Waals surface area (Å²) < 4.78 is 93.9. The van der Waals surface area contributed by atoms with Gasteiger partial charge < -0.3 is 4.74 Å². The first kappa shape index (κ1) is 24.3. The summed E-state index contributed by atoms with van der Waals surface area (Å²) in [4.78, 5) is 22.9. The molecule has 0 saturated heterocycles. The van der Waals surface area contributed by atoms with Crippen molar-refractivity contribution in [2.45, 2.75) is 16.0 Å². The number of ether oxygens (including phenoxy) is 1. The molecule has 0 radical (unpaired) electrons. The summed E-state index contributed by atoms with van der Waals surface area (Å²) in [5, 5.41) is 1.72. The Morgan fingerprint density at radius 1 is 1.00 bits per heavy atom. The standard InChI is InChI=1S/C14H14F3N5O7S2/c1-28-11-7-10(14(15,16)17)18-12(19-11)20-13(23)21-30(24,25)8-5-3-4-6-9(8)31(26,27)22-29-2/h3-7,22H,1-2H3,(H2,18,19,20,21,23). The molecule has 31 heavy (non-hydrogen) atoms. The van der Waals surface area contributed by atoms with E-state index in [1.54, 1.807) is 10.2 Å². The van der Waals surface area contributed by atoms with Crippen molar-refractivity contribution in [3.8, 4) is 5.88 Å². The molecule has 12 nitrogen and oxygen atoms in total. The third-order valence-corrected chi connectivity index (χ3v) is 6.12. The molecule has 0 aliphatic carbocycles. The highest BCUT2D eigenvalue weighted by Gasteiger charge is 2.34. The highest BCUT2D eigenvalue weighted by atomic mass is 32.2. The molecule has 0 aliphatic rings. The number of alkyl halides is 3. The van der Waals surface area contributed by atoms with E-state index in [9.17, 15) is 34.8 Å². The maximum absolute atomic E-state index is 12.9. The van der Waals surface area contributed by atoms with Crippen molar-refractivity contribution in [3.63, 3.8) is 0 Å². The molecule has 1 aromatic carbocycles. The van der Waals surface area contributed by atoms with E-state index >= 15 is 0 Å². The fourth-order valence-corrected chi connectivity index (χ4v) is 4.64. The monoisotopic (exact) mass is 485 g/mol. The van der Waals surface area contributed by atoms with Crippen molar-refractivity contribution < 1.29 is 44.4 Å². The molecular formula is C14H14F3N5O7S2. The van der Waals surface area contributed by atoms with Gasteiger partial charge in [-0.05, 0) is 12.1 Å². The number of amides is 2. The van der Waals surface area contributed by atoms with Gasteiger partial charge in [-0.1, -0.05) is 17.0 Å². The molecule has 0 atom stereocenters. The lowest BCUT2D eigenvalue weighted by molar-refractivity contribution is -0.141. The van der Waals surface area contributed by atoms with Crippen molar-refractivity contribution in [1.29, 1.82) is 0 Å². The minimum Gasteiger partial charge on any atom is -0.481 e. The Hall–Kier alpha value is -3.02. The smallest absolute Gasteiger partial charge is 0.433 e. The molecule has 170 valence electrons. The number of anilines is 1. The Bertz CT molecular complexity index is 1190. The van der Waals surface area contributed by atoms with Crippen molar-refractivity contribution in [2.24, 2.45) is 0 Å². The van der Waals surface area contributed by atoms with Crippen LogP contribution in [0.1, 0.15) is 5.69 Å². The zero-order chi connectivity index (χ0) is 23.4. The Balaban J connectivity index is 2.34. The zero-order valence-corrected chi connectivity index (χ0v) is 17.2. The topological polar surface area (TPSA) is 166 Å². The molecule has 0 saturated carbocycles. The van der Waals surface area contributed by atoms with E-state index in [1.165, 1.54) is 16.9 Å². The van der Waals surface area contributed by atoms with Gasteiger partial charge in [-0.15, -0.1) is 0 Å². The number of methoxy groups -OCH3 is 1. The van der Waals surface area contributed by atoms with Crippen LogP contribution in [0, 0.1) is 0 Å². The molecule has 17 heteroatoms. The number of sulfonamides is 2. The maximum atomic E-state index is 12.9. The van der Waals surface area contributed by atoms with Crippen LogP contribution < -0.4 is 19.7 Å². The second-order valence-electron chi connectivity index (χ2n) is 5.41. The average Bonchev–Trinajstić information content (AvgIpc) is 2.66. The van der Waals surface area contributed by atoms with Gasteiger partial charge in [-0.3, -0.25) is 10.2 Å². The number of benzene rings is 1. The van der Waals surface area contributed by atoms with Gasteiger partial charge in [-0.2, -0.15) is 18.2 Å². The number of hydrogen-bond donors (Lipinski definition) is 3. The first-order valence-electron chi connectivity index (χ1n) is 7.78. The van der Waals surface area contributed by atoms with Gasteiger partial charge in [0.25, 0.3) is 20.0 Å². The Morgan fingerprint density at radius 3 is 2.10 bits per heavy atom. The van der Waals surface area contributed by atoms with E-state index in [2.05, 4.69) is 19.5 Å². The number of urea groups is 1. The first-order chi connectivity index (χ1) is 14.3. The highest BCUT2D eigenvalue weighted by molar-refractivity contribution is 7.92. The van der Waals surface area contributed by atoms with Crippen molar-refractivity contribution >= 4 is 32.0 Å². The molecule has 3 N–H and O–H groups in total. The van der Waals surface area contributed by atoms with E-state index < -0.39 is 59.6 Å². The van der Waals surface area contributed by atoms with Crippen LogP contribution in [0.5, 0.6) is 5.88 Å². The molecule has 2 aromatic rings. The van der Waals surface area contributed by atoms with Crippen LogP contribution in [0.15, 0.2) is 40.1 Å². The molecule has 1 heterocycles. The zero-order valence-electron chi connectivity index (χ0n) is 15.6. The van der Waals surface area contributed by atoms with Gasteiger partial charge in [0.1, 0.15) is 9.79 Å². The molecule has 1 aromatic heterocycles. The van der Waals surface area contributed by atoms with Crippen LogP contribution in [-0.4, -0.2) is 47.1 Å². The SMILES string of the molecule is CONS(=O)(=O)c1ccccc1S(=O)(=O)NC(=O)Nc1nc(OC)cc(C(F)(F)F)n1. The summed E-state index contributed by atoms with van der Waals surface area (Å²) in [5.41, 5.74) is -1.46. The van der Waals surface area contributed by atoms with Crippen LogP contribution in [-0.2, 0) is 31.1 Å². The van der Waals surface area contributed by atoms with Crippen LogP contribution >= 0.6 is 0 Å². The van der Waals surface area contributed by atoms with Crippen LogP contribution in [0.2, 0.25) is 0 Å². The Morgan fingerprint density at radius 2 is 1.58 bits per heavy atom. The Labute approximate surface area is 173 Å². The normalized spacial score (nSPS) is 12.3. The number of hydrogen-bond acceptors (Lipinski definition) is 9. The summed E-state index contributed by atoms with van der Waals surface area (Å²) in [6, 6.07) is 3.10. The largest absolute Gasteiger partial charge is 0.481 e. The van der Waals surface area contributed by atoms with Gasteiger partial charge in [0.2, 0.25) is 11.8 Å². The minimum atomic E-state index is -4.91. The van der Waals surface area contributed by atoms with E-state index in [0.717, 1.165) is 26.4 Å². The quantitative estimate of drug-likeness (QED) is 0.482. The highest BCUT2D eigenvalue weighted by Crippen LogP contribution is 2.30. The third-order valence-electron chi connectivity index (χ3n) is 3.28. The fourth-order valence-electron chi connectivity index (χ4n) is 2.08. The number of nitrogens with one attached hydrogen (secondary N) is 3. The van der Waals surface area contributed by atoms with Crippen molar-refractivity contribution in [1.82, 2.24) is 19.6 Å². The second kappa shape index (κ2) is 9.00. The van der Waals surface area contributed by atoms with Crippen LogP contribution in [0.3, 0.4) is 0 Å². The van der Waals surface area contributed by atoms with Gasteiger partial charge in [0.05, 0.1) is 14.2 Å². The lowest BCUT2D eigenvalue weighted by atomic mass is 10.4. The Kier molecular flexibility index (Phi) is 7.04. The number of nitrogens with zero attached hydrogens (tertiary/aromatic N) is 2.